The van der Waals surface area contributed by atoms with Gasteiger partial charge < -0.3 is 13.6 Å². The van der Waals surface area contributed by atoms with Gasteiger partial charge >= 0.3 is 0 Å². The molecular weight excluding hydrogens is 725 g/mol. The molecule has 0 unspecified atom stereocenters. The van der Waals surface area contributed by atoms with Gasteiger partial charge in [-0.2, -0.15) is 0 Å². The number of nitrogens with zero attached hydrogens (tertiary/aromatic N) is 2. The van der Waals surface area contributed by atoms with Crippen LogP contribution in [0.25, 0.3) is 119 Å². The predicted molar refractivity (Wildman–Crippen MR) is 246 cm³/mol. The van der Waals surface area contributed by atoms with E-state index in [0.717, 1.165) is 33.3 Å². The van der Waals surface area contributed by atoms with Gasteiger partial charge in [-0.3, -0.25) is 0 Å². The zero-order valence-corrected chi connectivity index (χ0v) is 32.0. The van der Waals surface area contributed by atoms with Gasteiger partial charge in [0.05, 0.1) is 22.1 Å². The molecule has 0 spiro atoms. The molecule has 0 N–H and O–H groups in total. The summed E-state index contributed by atoms with van der Waals surface area (Å²) in [5.41, 5.74) is 13.6. The molecule has 9 aromatic carbocycles. The van der Waals surface area contributed by atoms with Gasteiger partial charge in [-0.25, -0.2) is 0 Å². The summed E-state index contributed by atoms with van der Waals surface area (Å²) >= 11 is 1.86. The maximum atomic E-state index is 6.26. The van der Waals surface area contributed by atoms with E-state index < -0.39 is 0 Å². The summed E-state index contributed by atoms with van der Waals surface area (Å²) in [6.07, 6.45) is 0. The quantitative estimate of drug-likeness (QED) is 0.175. The van der Waals surface area contributed by atoms with Gasteiger partial charge in [-0.15, -0.1) is 11.3 Å². The first-order valence-electron chi connectivity index (χ1n) is 19.8. The summed E-state index contributed by atoms with van der Waals surface area (Å²) in [6, 6.07) is 70.9. The first-order valence-corrected chi connectivity index (χ1v) is 20.6. The minimum atomic E-state index is 0.897. The highest BCUT2D eigenvalue weighted by Crippen LogP contribution is 2.46. The molecule has 13 rings (SSSR count). The molecule has 4 heteroatoms. The summed E-state index contributed by atoms with van der Waals surface area (Å²) in [4.78, 5) is 0. The van der Waals surface area contributed by atoms with Crippen LogP contribution in [0.3, 0.4) is 0 Å². The molecule has 13 aromatic rings. The average molecular weight is 757 g/mol. The zero-order chi connectivity index (χ0) is 37.9. The second-order valence-electron chi connectivity index (χ2n) is 15.2. The summed E-state index contributed by atoms with van der Waals surface area (Å²) in [7, 11) is 0. The maximum Gasteiger partial charge on any atom is 0.135 e. The molecule has 0 radical (unpaired) electrons. The fourth-order valence-corrected chi connectivity index (χ4v) is 10.7. The third-order valence-electron chi connectivity index (χ3n) is 12.1. The molecule has 0 aliphatic rings. The first-order chi connectivity index (χ1) is 28.8. The molecule has 0 aliphatic carbocycles. The summed E-state index contributed by atoms with van der Waals surface area (Å²) in [6.45, 7) is 0. The van der Waals surface area contributed by atoms with Crippen LogP contribution in [0.4, 0.5) is 0 Å². The minimum absolute atomic E-state index is 0.897. The number of thiophene rings is 1. The Kier molecular flexibility index (Phi) is 6.60. The first kappa shape index (κ1) is 31.8. The standard InChI is InChI=1S/C54H32N2OS/c1-2-13-33(14-3-1)41-31-43-36-15-4-8-20-46(36)56(35-26-28-53-45(30-35)38-17-7-11-24-52(38)58-53)49(43)32-42(41)39-19-12-22-48-54(39)40-18-5-9-21-47(40)55(48)34-25-27-51-44(29-34)37-16-6-10-23-50(37)57-51/h1-32H. The third kappa shape index (κ3) is 4.49. The highest BCUT2D eigenvalue weighted by molar-refractivity contribution is 7.25. The lowest BCUT2D eigenvalue weighted by atomic mass is 9.90. The number of rotatable bonds is 4. The van der Waals surface area contributed by atoms with E-state index in [1.165, 1.54) is 86.0 Å². The highest BCUT2D eigenvalue weighted by atomic mass is 32.1. The summed E-state index contributed by atoms with van der Waals surface area (Å²) in [5.74, 6) is 0. The van der Waals surface area contributed by atoms with Crippen molar-refractivity contribution in [3.63, 3.8) is 0 Å². The Hall–Kier alpha value is -7.40. The van der Waals surface area contributed by atoms with E-state index in [4.69, 9.17) is 4.42 Å². The SMILES string of the molecule is c1ccc(-c2cc3c4ccccc4n(-c4ccc5sc6ccccc6c5c4)c3cc2-c2cccc3c2c2ccccc2n3-c2ccc3oc4ccccc4c3c2)cc1. The summed E-state index contributed by atoms with van der Waals surface area (Å²) < 4.78 is 13.8. The molecule has 0 saturated carbocycles. The third-order valence-corrected chi connectivity index (χ3v) is 13.3. The molecule has 4 heterocycles. The van der Waals surface area contributed by atoms with Crippen molar-refractivity contribution >= 4 is 97.1 Å². The lowest BCUT2D eigenvalue weighted by Gasteiger charge is -2.15. The van der Waals surface area contributed by atoms with E-state index in [2.05, 4.69) is 191 Å². The lowest BCUT2D eigenvalue weighted by molar-refractivity contribution is 0.669. The maximum absolute atomic E-state index is 6.26. The molecule has 0 atom stereocenters. The van der Waals surface area contributed by atoms with Gasteiger partial charge in [0.25, 0.3) is 0 Å². The smallest absolute Gasteiger partial charge is 0.135 e. The van der Waals surface area contributed by atoms with Crippen LogP contribution in [0.5, 0.6) is 0 Å². The number of fused-ring (bicyclic) bond motifs is 12. The fourth-order valence-electron chi connectivity index (χ4n) is 9.60. The van der Waals surface area contributed by atoms with Crippen LogP contribution in [0, 0.1) is 0 Å². The number of aromatic nitrogens is 2. The van der Waals surface area contributed by atoms with E-state index in [1.807, 2.05) is 23.5 Å². The number of furan rings is 1. The van der Waals surface area contributed by atoms with Crippen LogP contribution >= 0.6 is 11.3 Å². The topological polar surface area (TPSA) is 23.0 Å². The van der Waals surface area contributed by atoms with Crippen LogP contribution < -0.4 is 0 Å². The average Bonchev–Trinajstić information content (AvgIpc) is 4.03. The van der Waals surface area contributed by atoms with Crippen molar-refractivity contribution < 1.29 is 4.42 Å². The molecule has 0 saturated heterocycles. The van der Waals surface area contributed by atoms with Gasteiger partial charge in [0.2, 0.25) is 0 Å². The molecule has 3 nitrogen and oxygen atoms in total. The minimum Gasteiger partial charge on any atom is -0.456 e. The van der Waals surface area contributed by atoms with Crippen molar-refractivity contribution in [2.45, 2.75) is 0 Å². The van der Waals surface area contributed by atoms with Crippen LogP contribution in [-0.2, 0) is 0 Å². The Morgan fingerprint density at radius 1 is 0.328 bits per heavy atom. The van der Waals surface area contributed by atoms with Gasteiger partial charge in [0.1, 0.15) is 11.2 Å². The van der Waals surface area contributed by atoms with Crippen molar-refractivity contribution in [3.8, 4) is 33.6 Å². The monoisotopic (exact) mass is 756 g/mol. The second-order valence-corrected chi connectivity index (χ2v) is 16.3. The predicted octanol–water partition coefficient (Wildman–Crippen LogP) is 15.5. The van der Waals surface area contributed by atoms with Crippen molar-refractivity contribution in [2.75, 3.05) is 0 Å². The number of benzene rings is 9. The highest BCUT2D eigenvalue weighted by Gasteiger charge is 2.22. The van der Waals surface area contributed by atoms with Gasteiger partial charge in [-0.05, 0) is 101 Å². The largest absolute Gasteiger partial charge is 0.456 e. The van der Waals surface area contributed by atoms with Crippen LogP contribution in [-0.4, -0.2) is 9.13 Å². The molecule has 58 heavy (non-hydrogen) atoms. The van der Waals surface area contributed by atoms with Gasteiger partial charge in [-0.1, -0.05) is 115 Å². The Labute approximate surface area is 336 Å². The number of hydrogen-bond donors (Lipinski definition) is 0. The van der Waals surface area contributed by atoms with Crippen LogP contribution in [0.1, 0.15) is 0 Å². The van der Waals surface area contributed by atoms with Gasteiger partial charge in [0.15, 0.2) is 0 Å². The van der Waals surface area contributed by atoms with Gasteiger partial charge in [0, 0.05) is 63.9 Å². The van der Waals surface area contributed by atoms with Crippen molar-refractivity contribution in [1.82, 2.24) is 9.13 Å². The lowest BCUT2D eigenvalue weighted by Crippen LogP contribution is -1.95. The molecule has 0 bridgehead atoms. The Morgan fingerprint density at radius 3 is 1.81 bits per heavy atom. The van der Waals surface area contributed by atoms with Crippen molar-refractivity contribution in [2.24, 2.45) is 0 Å². The van der Waals surface area contributed by atoms with E-state index in [0.29, 0.717) is 0 Å². The molecular formula is C54H32N2OS. The Balaban J connectivity index is 1.12. The molecule has 270 valence electrons. The summed E-state index contributed by atoms with van der Waals surface area (Å²) in [5, 5.41) is 9.79. The van der Waals surface area contributed by atoms with E-state index in [9.17, 15) is 0 Å². The molecule has 0 fully saturated rings. The Bertz CT molecular complexity index is 3800. The van der Waals surface area contributed by atoms with Crippen molar-refractivity contribution in [1.29, 1.82) is 0 Å². The molecule has 0 aliphatic heterocycles. The molecule has 4 aromatic heterocycles. The second kappa shape index (κ2) is 12.1. The fraction of sp³-hybridized carbons (Fsp3) is 0. The number of para-hydroxylation sites is 3. The van der Waals surface area contributed by atoms with Crippen molar-refractivity contribution in [3.05, 3.63) is 194 Å². The van der Waals surface area contributed by atoms with E-state index >= 15 is 0 Å². The van der Waals surface area contributed by atoms with E-state index in [1.54, 1.807) is 0 Å². The Morgan fingerprint density at radius 2 is 0.948 bits per heavy atom. The number of hydrogen-bond acceptors (Lipinski definition) is 2. The van der Waals surface area contributed by atoms with E-state index in [-0.39, 0.29) is 0 Å². The molecule has 0 amide bonds. The normalized spacial score (nSPS) is 12.1. The zero-order valence-electron chi connectivity index (χ0n) is 31.2. The van der Waals surface area contributed by atoms with Crippen LogP contribution in [0.15, 0.2) is 199 Å². The van der Waals surface area contributed by atoms with Crippen LogP contribution in [0.2, 0.25) is 0 Å².